The number of fused-ring (bicyclic) bond motifs is 3. The molecule has 0 saturated carbocycles. The van der Waals surface area contributed by atoms with Gasteiger partial charge in [0, 0.05) is 16.8 Å². The molecule has 4 aliphatic rings. The lowest BCUT2D eigenvalue weighted by Gasteiger charge is -2.46. The first-order valence-electron chi connectivity index (χ1n) is 17.7. The van der Waals surface area contributed by atoms with E-state index in [4.69, 9.17) is 9.47 Å². The molecule has 0 radical (unpaired) electrons. The summed E-state index contributed by atoms with van der Waals surface area (Å²) >= 11 is 0. The van der Waals surface area contributed by atoms with Crippen LogP contribution in [0.5, 0.6) is 5.75 Å². The van der Waals surface area contributed by atoms with Crippen LogP contribution in [0.4, 0.5) is 5.69 Å². The molecule has 2 fully saturated rings. The number of benzene rings is 4. The number of carbonyl (C=O) groups excluding carboxylic acids is 2. The summed E-state index contributed by atoms with van der Waals surface area (Å²) < 4.78 is 12.4. The normalized spacial score (nSPS) is 26.3. The predicted molar refractivity (Wildman–Crippen MR) is 193 cm³/mol. The summed E-state index contributed by atoms with van der Waals surface area (Å²) in [7, 11) is 0. The maximum atomic E-state index is 15.0. The lowest BCUT2D eigenvalue weighted by atomic mass is 9.65. The van der Waals surface area contributed by atoms with Crippen molar-refractivity contribution in [3.05, 3.63) is 143 Å². The minimum absolute atomic E-state index is 0.0301. The van der Waals surface area contributed by atoms with Gasteiger partial charge in [0.15, 0.2) is 0 Å². The number of allylic oxidation sites excluding steroid dienone is 2. The first-order valence-corrected chi connectivity index (χ1v) is 17.7. The Balaban J connectivity index is 1.41. The van der Waals surface area contributed by atoms with Crippen molar-refractivity contribution >= 4 is 23.5 Å². The third kappa shape index (κ3) is 5.47. The number of amides is 1. The maximum absolute atomic E-state index is 15.0. The fourth-order valence-electron chi connectivity index (χ4n) is 8.72. The van der Waals surface area contributed by atoms with Crippen LogP contribution in [0.1, 0.15) is 71.7 Å². The van der Waals surface area contributed by atoms with E-state index >= 15 is 0 Å². The zero-order valence-electron chi connectivity index (χ0n) is 28.4. The van der Waals surface area contributed by atoms with Gasteiger partial charge in [0.2, 0.25) is 5.91 Å². The minimum Gasteiger partial charge on any atom is -0.491 e. The fraction of sp³-hybridized carbons (Fsp3) is 0.279. The monoisotopic (exact) mass is 694 g/mol. The average Bonchev–Trinajstić information content (AvgIpc) is 3.66. The van der Waals surface area contributed by atoms with E-state index in [1.165, 1.54) is 0 Å². The van der Waals surface area contributed by atoms with Gasteiger partial charge >= 0.3 is 11.9 Å². The van der Waals surface area contributed by atoms with Gasteiger partial charge < -0.3 is 25.0 Å². The number of para-hydroxylation sites is 1. The van der Waals surface area contributed by atoms with Gasteiger partial charge in [-0.1, -0.05) is 96.8 Å². The highest BCUT2D eigenvalue weighted by Gasteiger charge is 2.74. The van der Waals surface area contributed by atoms with Crippen LogP contribution in [0.15, 0.2) is 115 Å². The Bertz CT molecular complexity index is 2120. The molecule has 3 aliphatic heterocycles. The van der Waals surface area contributed by atoms with E-state index in [9.17, 15) is 24.6 Å². The number of esters is 1. The van der Waals surface area contributed by atoms with Crippen molar-refractivity contribution in [1.29, 1.82) is 0 Å². The van der Waals surface area contributed by atoms with Crippen LogP contribution in [0.25, 0.3) is 0 Å². The van der Waals surface area contributed by atoms with Gasteiger partial charge in [-0.15, -0.1) is 0 Å². The average molecular weight is 695 g/mol. The molecule has 1 amide bonds. The summed E-state index contributed by atoms with van der Waals surface area (Å²) in [6, 6.07) is 28.3. The van der Waals surface area contributed by atoms with E-state index in [1.807, 2.05) is 77.7 Å². The highest BCUT2D eigenvalue weighted by atomic mass is 16.6. The maximum Gasteiger partial charge on any atom is 0.325 e. The Morgan fingerprint density at radius 2 is 1.63 bits per heavy atom. The van der Waals surface area contributed by atoms with Crippen LogP contribution < -0.4 is 10.1 Å². The van der Waals surface area contributed by atoms with Crippen molar-refractivity contribution in [3.8, 4) is 17.6 Å². The standard InChI is InChI=1S/C43H38N2O7/c46-24-25-51-34-19-11-10-18-31(34)39-43(32-26-28(22-23-33(32)44-42(43)50)21-20-27-12-4-1-5-13-27)35(40(47)48)37-41(49)52-38(30-16-8-3-9-17-30)36(45(37)39)29-14-6-2-7-15-29/h2-3,6-12,14-19,22-23,26,35-39,46H,1,4-5,13,24-25H2,(H,44,50)(H,47,48)/t35-,36-,37-,38+,39+,43-/m1/s1. The van der Waals surface area contributed by atoms with Crippen molar-refractivity contribution in [1.82, 2.24) is 4.90 Å². The van der Waals surface area contributed by atoms with Gasteiger partial charge in [0.1, 0.15) is 35.8 Å². The Kier molecular flexibility index (Phi) is 8.87. The van der Waals surface area contributed by atoms with Crippen LogP contribution in [-0.4, -0.2) is 52.2 Å². The van der Waals surface area contributed by atoms with E-state index in [0.717, 1.165) is 42.4 Å². The van der Waals surface area contributed by atoms with Gasteiger partial charge in [0.25, 0.3) is 0 Å². The van der Waals surface area contributed by atoms with E-state index in [2.05, 4.69) is 23.2 Å². The zero-order valence-corrected chi connectivity index (χ0v) is 28.4. The molecule has 4 aromatic carbocycles. The second-order valence-electron chi connectivity index (χ2n) is 13.7. The second kappa shape index (κ2) is 13.8. The summed E-state index contributed by atoms with van der Waals surface area (Å²) in [5.41, 5.74) is 2.79. The van der Waals surface area contributed by atoms with Crippen molar-refractivity contribution in [3.63, 3.8) is 0 Å². The highest BCUT2D eigenvalue weighted by molar-refractivity contribution is 6.11. The number of carboxylic acid groups (broad SMARTS) is 1. The summed E-state index contributed by atoms with van der Waals surface area (Å²) in [6.45, 7) is -0.289. The number of rotatable bonds is 7. The number of carbonyl (C=O) groups is 3. The number of ether oxygens (including phenoxy) is 2. The number of nitrogens with one attached hydrogen (secondary N) is 1. The van der Waals surface area contributed by atoms with Crippen LogP contribution in [0.3, 0.4) is 0 Å². The van der Waals surface area contributed by atoms with Crippen molar-refractivity contribution in [2.75, 3.05) is 18.5 Å². The molecule has 0 bridgehead atoms. The molecule has 4 aromatic rings. The molecular weight excluding hydrogens is 656 g/mol. The van der Waals surface area contributed by atoms with Crippen molar-refractivity contribution in [2.45, 2.75) is 55.3 Å². The summed E-state index contributed by atoms with van der Waals surface area (Å²) in [5, 5.41) is 24.1. The minimum atomic E-state index is -1.83. The lowest BCUT2D eigenvalue weighted by molar-refractivity contribution is -0.179. The quantitative estimate of drug-likeness (QED) is 0.153. The third-order valence-electron chi connectivity index (χ3n) is 10.8. The second-order valence-corrected chi connectivity index (χ2v) is 13.7. The molecule has 1 spiro atoms. The molecule has 3 N–H and O–H groups in total. The van der Waals surface area contributed by atoms with Crippen LogP contribution in [0.2, 0.25) is 0 Å². The predicted octanol–water partition coefficient (Wildman–Crippen LogP) is 6.27. The number of aliphatic hydroxyl groups is 1. The van der Waals surface area contributed by atoms with E-state index in [-0.39, 0.29) is 13.2 Å². The number of aliphatic carboxylic acids is 1. The zero-order chi connectivity index (χ0) is 35.8. The lowest BCUT2D eigenvalue weighted by Crippen LogP contribution is -2.52. The number of morpholine rings is 1. The third-order valence-corrected chi connectivity index (χ3v) is 10.8. The molecule has 1 aliphatic carbocycles. The number of carboxylic acids is 1. The molecule has 2 saturated heterocycles. The molecular formula is C43H38N2O7. The summed E-state index contributed by atoms with van der Waals surface area (Å²) in [6.07, 6.45) is 5.41. The molecule has 6 atom stereocenters. The fourth-order valence-corrected chi connectivity index (χ4v) is 8.72. The first kappa shape index (κ1) is 33.5. The summed E-state index contributed by atoms with van der Waals surface area (Å²) in [4.78, 5) is 45.2. The number of aliphatic hydroxyl groups excluding tert-OH is 1. The first-order chi connectivity index (χ1) is 25.4. The van der Waals surface area contributed by atoms with Gasteiger partial charge in [0.05, 0.1) is 18.7 Å². The Hall–Kier alpha value is -5.69. The molecule has 0 aromatic heterocycles. The largest absolute Gasteiger partial charge is 0.491 e. The number of anilines is 1. The molecule has 9 heteroatoms. The van der Waals surface area contributed by atoms with Gasteiger partial charge in [-0.2, -0.15) is 0 Å². The summed E-state index contributed by atoms with van der Waals surface area (Å²) in [5.74, 6) is 2.80. The number of nitrogens with zero attached hydrogens (tertiary/aromatic N) is 1. The van der Waals surface area contributed by atoms with Gasteiger partial charge in [-0.05, 0) is 72.2 Å². The highest BCUT2D eigenvalue weighted by Crippen LogP contribution is 2.65. The molecule has 0 unspecified atom stereocenters. The van der Waals surface area contributed by atoms with Crippen molar-refractivity contribution in [2.24, 2.45) is 5.92 Å². The number of hydrogen-bond donors (Lipinski definition) is 3. The van der Waals surface area contributed by atoms with Gasteiger partial charge in [-0.3, -0.25) is 19.3 Å². The molecule has 9 nitrogen and oxygen atoms in total. The molecule has 3 heterocycles. The van der Waals surface area contributed by atoms with Crippen LogP contribution in [-0.2, 0) is 24.5 Å². The Labute approximate surface area is 301 Å². The van der Waals surface area contributed by atoms with Crippen LogP contribution >= 0.6 is 0 Å². The topological polar surface area (TPSA) is 125 Å². The Morgan fingerprint density at radius 1 is 0.904 bits per heavy atom. The van der Waals surface area contributed by atoms with Crippen LogP contribution in [0, 0.1) is 17.8 Å². The van der Waals surface area contributed by atoms with E-state index in [0.29, 0.717) is 28.1 Å². The molecule has 262 valence electrons. The van der Waals surface area contributed by atoms with E-state index < -0.39 is 53.4 Å². The molecule has 8 rings (SSSR count). The smallest absolute Gasteiger partial charge is 0.325 e. The number of hydrogen-bond acceptors (Lipinski definition) is 7. The van der Waals surface area contributed by atoms with Crippen molar-refractivity contribution < 1.29 is 34.1 Å². The SMILES string of the molecule is O=C1O[C@@H](c2ccccc2)[C@@H](c2ccccc2)N2[C@@H](c3ccccc3OCCO)[C@]3(C(=O)Nc4ccc(C#CC5=CCCCC5)cc43)[C@@H](C(=O)O)[C@H]12. The van der Waals surface area contributed by atoms with E-state index in [1.54, 1.807) is 30.3 Å². The number of cyclic esters (lactones) is 1. The Morgan fingerprint density at radius 3 is 2.35 bits per heavy atom. The molecule has 52 heavy (non-hydrogen) atoms. The van der Waals surface area contributed by atoms with Gasteiger partial charge in [-0.25, -0.2) is 0 Å².